The van der Waals surface area contributed by atoms with E-state index in [1.807, 2.05) is 0 Å². The molecule has 0 N–H and O–H groups in total. The number of tetrazole rings is 1. The maximum atomic E-state index is 13.8. The molecule has 0 spiro atoms. The van der Waals surface area contributed by atoms with Crippen molar-refractivity contribution in [2.45, 2.75) is 13.5 Å². The van der Waals surface area contributed by atoms with Gasteiger partial charge in [0.15, 0.2) is 11.5 Å². The Morgan fingerprint density at radius 1 is 1.37 bits per heavy atom. The Morgan fingerprint density at radius 2 is 2.05 bits per heavy atom. The third kappa shape index (κ3) is 1.96. The second kappa shape index (κ2) is 4.55. The predicted molar refractivity (Wildman–Crippen MR) is 57.9 cm³/mol. The van der Waals surface area contributed by atoms with E-state index in [0.29, 0.717) is 16.8 Å². The van der Waals surface area contributed by atoms with E-state index in [1.165, 1.54) is 0 Å². The van der Waals surface area contributed by atoms with E-state index in [1.54, 1.807) is 6.92 Å². The van der Waals surface area contributed by atoms with E-state index in [-0.39, 0.29) is 6.54 Å². The Bertz CT molecular complexity index is 708. The van der Waals surface area contributed by atoms with Crippen molar-refractivity contribution >= 4 is 5.69 Å². The zero-order chi connectivity index (χ0) is 14.2. The van der Waals surface area contributed by atoms with Crippen LogP contribution in [0.3, 0.4) is 0 Å². The maximum Gasteiger partial charge on any atom is 0.368 e. The number of nitro benzene ring substituents is 1. The molecule has 1 aromatic heterocycles. The van der Waals surface area contributed by atoms with Crippen molar-refractivity contribution in [1.82, 2.24) is 19.8 Å². The highest BCUT2D eigenvalue weighted by Gasteiger charge is 2.25. The van der Waals surface area contributed by atoms with Crippen LogP contribution in [0.5, 0.6) is 0 Å². The number of nitro groups is 1. The summed E-state index contributed by atoms with van der Waals surface area (Å²) in [7, 11) is 0. The highest BCUT2D eigenvalue weighted by Crippen LogP contribution is 2.24. The largest absolute Gasteiger partial charge is 0.368 e. The van der Waals surface area contributed by atoms with Crippen LogP contribution in [0.25, 0.3) is 5.69 Å². The minimum absolute atomic E-state index is 0.150. The van der Waals surface area contributed by atoms with Gasteiger partial charge in [-0.25, -0.2) is 9.18 Å². The van der Waals surface area contributed by atoms with Crippen LogP contribution in [0.15, 0.2) is 16.9 Å². The molecule has 1 aromatic carbocycles. The van der Waals surface area contributed by atoms with Crippen LogP contribution in [0, 0.1) is 21.7 Å². The molecular formula is C9H7F2N5O3. The van der Waals surface area contributed by atoms with E-state index < -0.39 is 33.6 Å². The minimum atomic E-state index is -1.48. The topological polar surface area (TPSA) is 95.8 Å². The summed E-state index contributed by atoms with van der Waals surface area (Å²) in [6.07, 6.45) is 0. The first kappa shape index (κ1) is 12.8. The molecule has 2 rings (SSSR count). The average molecular weight is 271 g/mol. The van der Waals surface area contributed by atoms with Crippen LogP contribution in [-0.2, 0) is 6.54 Å². The highest BCUT2D eigenvalue weighted by molar-refractivity contribution is 5.45. The lowest BCUT2D eigenvalue weighted by molar-refractivity contribution is -0.387. The Morgan fingerprint density at radius 3 is 2.58 bits per heavy atom. The summed E-state index contributed by atoms with van der Waals surface area (Å²) in [5, 5.41) is 17.3. The fourth-order valence-electron chi connectivity index (χ4n) is 1.48. The second-order valence-electron chi connectivity index (χ2n) is 3.48. The van der Waals surface area contributed by atoms with Gasteiger partial charge in [0.2, 0.25) is 5.82 Å². The van der Waals surface area contributed by atoms with Gasteiger partial charge in [-0.3, -0.25) is 10.1 Å². The molecule has 0 radical (unpaired) electrons. The standard InChI is InChI=1S/C9H7F2N5O3/c1-2-14-9(17)15(13-12-14)8-5(10)3-4-6(7(8)11)16(18)19/h3-4H,2H2,1H3. The van der Waals surface area contributed by atoms with Crippen LogP contribution >= 0.6 is 0 Å². The molecule has 0 aliphatic carbocycles. The van der Waals surface area contributed by atoms with Gasteiger partial charge in [-0.1, -0.05) is 0 Å². The van der Waals surface area contributed by atoms with E-state index >= 15 is 0 Å². The molecule has 8 nitrogen and oxygen atoms in total. The predicted octanol–water partition coefficient (Wildman–Crippen LogP) is 0.635. The van der Waals surface area contributed by atoms with Gasteiger partial charge in [0, 0.05) is 12.6 Å². The number of halogens is 2. The van der Waals surface area contributed by atoms with Gasteiger partial charge in [-0.15, -0.1) is 0 Å². The highest BCUT2D eigenvalue weighted by atomic mass is 19.1. The summed E-state index contributed by atoms with van der Waals surface area (Å²) in [5.74, 6) is -2.62. The van der Waals surface area contributed by atoms with E-state index in [9.17, 15) is 23.7 Å². The molecule has 0 atom stereocenters. The summed E-state index contributed by atoms with van der Waals surface area (Å²) < 4.78 is 28.6. The van der Waals surface area contributed by atoms with Crippen LogP contribution in [0.1, 0.15) is 6.92 Å². The number of aromatic nitrogens is 4. The fourth-order valence-corrected chi connectivity index (χ4v) is 1.48. The Hall–Kier alpha value is -2.65. The molecule has 0 saturated heterocycles. The third-order valence-corrected chi connectivity index (χ3v) is 2.39. The molecule has 2 aromatic rings. The molecule has 0 bridgehead atoms. The quantitative estimate of drug-likeness (QED) is 0.602. The second-order valence-corrected chi connectivity index (χ2v) is 3.48. The molecule has 0 unspecified atom stereocenters. The summed E-state index contributed by atoms with van der Waals surface area (Å²) in [4.78, 5) is 21.2. The van der Waals surface area contributed by atoms with E-state index in [4.69, 9.17) is 0 Å². The zero-order valence-corrected chi connectivity index (χ0v) is 9.58. The van der Waals surface area contributed by atoms with Crippen LogP contribution in [0.4, 0.5) is 14.5 Å². The zero-order valence-electron chi connectivity index (χ0n) is 9.58. The van der Waals surface area contributed by atoms with Gasteiger partial charge in [0.1, 0.15) is 0 Å². The lowest BCUT2D eigenvalue weighted by Crippen LogP contribution is -2.25. The summed E-state index contributed by atoms with van der Waals surface area (Å²) in [5.41, 5.74) is -2.76. The van der Waals surface area contributed by atoms with Crippen LogP contribution in [0.2, 0.25) is 0 Å². The third-order valence-electron chi connectivity index (χ3n) is 2.39. The normalized spacial score (nSPS) is 10.7. The van der Waals surface area contributed by atoms with Crippen molar-refractivity contribution in [2.75, 3.05) is 0 Å². The number of hydrogen-bond acceptors (Lipinski definition) is 5. The van der Waals surface area contributed by atoms with Crippen molar-refractivity contribution in [2.24, 2.45) is 0 Å². The first-order valence-electron chi connectivity index (χ1n) is 5.13. The molecule has 10 heteroatoms. The van der Waals surface area contributed by atoms with Gasteiger partial charge < -0.3 is 0 Å². The number of rotatable bonds is 3. The molecular weight excluding hydrogens is 264 g/mol. The van der Waals surface area contributed by atoms with E-state index in [0.717, 1.165) is 4.68 Å². The number of benzene rings is 1. The molecule has 0 amide bonds. The van der Waals surface area contributed by atoms with Gasteiger partial charge in [-0.2, -0.15) is 13.8 Å². The van der Waals surface area contributed by atoms with E-state index in [2.05, 4.69) is 10.4 Å². The Balaban J connectivity index is 2.74. The number of nitrogens with zero attached hydrogens (tertiary/aromatic N) is 5. The van der Waals surface area contributed by atoms with Crippen molar-refractivity contribution in [3.8, 4) is 5.69 Å². The Labute approximate surface area is 104 Å². The monoisotopic (exact) mass is 271 g/mol. The summed E-state index contributed by atoms with van der Waals surface area (Å²) >= 11 is 0. The molecule has 0 saturated carbocycles. The first-order chi connectivity index (χ1) is 8.97. The van der Waals surface area contributed by atoms with Gasteiger partial charge in [0.05, 0.1) is 4.92 Å². The fraction of sp³-hybridized carbons (Fsp3) is 0.222. The number of aryl methyl sites for hydroxylation is 1. The van der Waals surface area contributed by atoms with Crippen LogP contribution in [-0.4, -0.2) is 24.7 Å². The smallest absolute Gasteiger partial charge is 0.258 e. The molecule has 100 valence electrons. The minimum Gasteiger partial charge on any atom is -0.258 e. The lowest BCUT2D eigenvalue weighted by atomic mass is 10.2. The number of hydrogen-bond donors (Lipinski definition) is 0. The summed E-state index contributed by atoms with van der Waals surface area (Å²) in [6.45, 7) is 1.73. The van der Waals surface area contributed by atoms with Gasteiger partial charge >= 0.3 is 11.4 Å². The molecule has 19 heavy (non-hydrogen) atoms. The van der Waals surface area contributed by atoms with Crippen molar-refractivity contribution in [3.05, 3.63) is 44.4 Å². The molecule has 0 fully saturated rings. The van der Waals surface area contributed by atoms with Crippen molar-refractivity contribution in [3.63, 3.8) is 0 Å². The maximum absolute atomic E-state index is 13.8. The van der Waals surface area contributed by atoms with Gasteiger partial charge in [-0.05, 0) is 23.4 Å². The van der Waals surface area contributed by atoms with Crippen LogP contribution < -0.4 is 5.69 Å². The average Bonchev–Trinajstić information content (AvgIpc) is 2.70. The first-order valence-corrected chi connectivity index (χ1v) is 5.13. The van der Waals surface area contributed by atoms with Crippen molar-refractivity contribution in [1.29, 1.82) is 0 Å². The Kier molecular flexibility index (Phi) is 3.07. The van der Waals surface area contributed by atoms with Gasteiger partial charge in [0.25, 0.3) is 0 Å². The summed E-state index contributed by atoms with van der Waals surface area (Å²) in [6, 6.07) is 1.36. The molecule has 1 heterocycles. The van der Waals surface area contributed by atoms with Crippen molar-refractivity contribution < 1.29 is 13.7 Å². The SMILES string of the molecule is CCn1nnn(-c2c(F)ccc([N+](=O)[O-])c2F)c1=O. The molecule has 0 aliphatic rings. The molecule has 0 aliphatic heterocycles. The lowest BCUT2D eigenvalue weighted by Gasteiger charge is -2.02.